The minimum Gasteiger partial charge on any atom is -0.480 e. The van der Waals surface area contributed by atoms with Crippen molar-refractivity contribution in [2.24, 2.45) is 5.73 Å². The first-order chi connectivity index (χ1) is 8.15. The maximum absolute atomic E-state index is 11.0. The zero-order chi connectivity index (χ0) is 12.7. The Labute approximate surface area is 102 Å². The number of aliphatic carboxylic acids is 1. The van der Waals surface area contributed by atoms with Crippen molar-refractivity contribution in [2.75, 3.05) is 13.1 Å². The van der Waals surface area contributed by atoms with Gasteiger partial charge in [-0.15, -0.1) is 0 Å². The van der Waals surface area contributed by atoms with Crippen molar-refractivity contribution in [1.82, 2.24) is 4.90 Å². The first kappa shape index (κ1) is 13.7. The third-order valence-electron chi connectivity index (χ3n) is 2.78. The van der Waals surface area contributed by atoms with E-state index in [-0.39, 0.29) is 0 Å². The Morgan fingerprint density at radius 3 is 2.59 bits per heavy atom. The lowest BCUT2D eigenvalue weighted by atomic mass is 10.1. The molecule has 4 heteroatoms. The fourth-order valence-corrected chi connectivity index (χ4v) is 1.68. The Morgan fingerprint density at radius 1 is 1.41 bits per heavy atom. The van der Waals surface area contributed by atoms with E-state index in [0.29, 0.717) is 19.6 Å². The van der Waals surface area contributed by atoms with E-state index in [1.165, 1.54) is 0 Å². The minimum absolute atomic E-state index is 0.484. The number of nitrogens with zero attached hydrogens (tertiary/aromatic N) is 1. The van der Waals surface area contributed by atoms with Crippen LogP contribution in [0, 0.1) is 0 Å². The van der Waals surface area contributed by atoms with Crippen LogP contribution in [0.3, 0.4) is 0 Å². The minimum atomic E-state index is -0.794. The monoisotopic (exact) mass is 236 g/mol. The van der Waals surface area contributed by atoms with Gasteiger partial charge in [0.2, 0.25) is 0 Å². The number of carbonyl (C=O) groups is 1. The lowest BCUT2D eigenvalue weighted by molar-refractivity contribution is -0.142. The second-order valence-corrected chi connectivity index (χ2v) is 4.11. The summed E-state index contributed by atoms with van der Waals surface area (Å²) in [6, 6.07) is 9.40. The molecule has 0 aliphatic heterocycles. The summed E-state index contributed by atoms with van der Waals surface area (Å²) < 4.78 is 0. The molecule has 0 saturated carbocycles. The topological polar surface area (TPSA) is 66.6 Å². The highest BCUT2D eigenvalue weighted by molar-refractivity contribution is 5.72. The second kappa shape index (κ2) is 7.04. The van der Waals surface area contributed by atoms with Crippen molar-refractivity contribution < 1.29 is 9.90 Å². The fourth-order valence-electron chi connectivity index (χ4n) is 1.68. The van der Waals surface area contributed by atoms with Gasteiger partial charge in [0, 0.05) is 13.1 Å². The molecule has 17 heavy (non-hydrogen) atoms. The van der Waals surface area contributed by atoms with E-state index in [1.54, 1.807) is 6.92 Å². The van der Waals surface area contributed by atoms with Crippen LogP contribution >= 0.6 is 0 Å². The normalized spacial score (nSPS) is 12.6. The molecule has 1 aromatic carbocycles. The predicted octanol–water partition coefficient (Wildman–Crippen LogP) is 1.31. The highest BCUT2D eigenvalue weighted by atomic mass is 16.4. The number of rotatable bonds is 7. The number of carboxylic acids is 1. The summed E-state index contributed by atoms with van der Waals surface area (Å²) in [5, 5.41) is 9.06. The van der Waals surface area contributed by atoms with Gasteiger partial charge >= 0.3 is 5.97 Å². The number of carboxylic acid groups (broad SMARTS) is 1. The Hall–Kier alpha value is -1.39. The molecule has 0 radical (unpaired) electrons. The van der Waals surface area contributed by atoms with Gasteiger partial charge in [0.15, 0.2) is 0 Å². The van der Waals surface area contributed by atoms with Gasteiger partial charge in [-0.25, -0.2) is 0 Å². The molecule has 0 bridgehead atoms. The summed E-state index contributed by atoms with van der Waals surface area (Å²) in [6.07, 6.45) is 0.810. The van der Waals surface area contributed by atoms with Gasteiger partial charge in [-0.3, -0.25) is 9.69 Å². The van der Waals surface area contributed by atoms with Gasteiger partial charge < -0.3 is 10.8 Å². The van der Waals surface area contributed by atoms with Crippen LogP contribution in [0.1, 0.15) is 18.9 Å². The van der Waals surface area contributed by atoms with Crippen molar-refractivity contribution >= 4 is 5.97 Å². The SMILES string of the molecule is CC(C(=O)O)N(CCCN)Cc1ccccc1. The van der Waals surface area contributed by atoms with Crippen LogP contribution in [0.5, 0.6) is 0 Å². The molecule has 3 N–H and O–H groups in total. The Bertz CT molecular complexity index is 341. The summed E-state index contributed by atoms with van der Waals surface area (Å²) in [5.41, 5.74) is 6.60. The van der Waals surface area contributed by atoms with Gasteiger partial charge in [-0.1, -0.05) is 30.3 Å². The van der Waals surface area contributed by atoms with E-state index in [9.17, 15) is 4.79 Å². The summed E-state index contributed by atoms with van der Waals surface area (Å²) in [4.78, 5) is 13.0. The third kappa shape index (κ3) is 4.54. The first-order valence-electron chi connectivity index (χ1n) is 5.86. The van der Waals surface area contributed by atoms with E-state index in [2.05, 4.69) is 0 Å². The zero-order valence-electron chi connectivity index (χ0n) is 10.2. The molecule has 0 aromatic heterocycles. The summed E-state index contributed by atoms with van der Waals surface area (Å²) >= 11 is 0. The maximum atomic E-state index is 11.0. The van der Waals surface area contributed by atoms with Crippen LogP contribution in [0.2, 0.25) is 0 Å². The number of hydrogen-bond donors (Lipinski definition) is 2. The van der Waals surface area contributed by atoms with Crippen molar-refractivity contribution in [2.45, 2.75) is 25.9 Å². The van der Waals surface area contributed by atoms with Crippen LogP contribution in [-0.4, -0.2) is 35.1 Å². The molecule has 4 nitrogen and oxygen atoms in total. The van der Waals surface area contributed by atoms with Crippen LogP contribution in [-0.2, 0) is 11.3 Å². The van der Waals surface area contributed by atoms with Crippen LogP contribution < -0.4 is 5.73 Å². The molecular formula is C13H20N2O2. The van der Waals surface area contributed by atoms with E-state index in [4.69, 9.17) is 10.8 Å². The van der Waals surface area contributed by atoms with E-state index >= 15 is 0 Å². The molecule has 0 aliphatic rings. The highest BCUT2D eigenvalue weighted by Crippen LogP contribution is 2.09. The second-order valence-electron chi connectivity index (χ2n) is 4.11. The molecule has 0 spiro atoms. The molecule has 1 unspecified atom stereocenters. The smallest absolute Gasteiger partial charge is 0.320 e. The standard InChI is InChI=1S/C13H20N2O2/c1-11(13(16)17)15(9-5-8-14)10-12-6-3-2-4-7-12/h2-4,6-7,11H,5,8-10,14H2,1H3,(H,16,17). The summed E-state index contributed by atoms with van der Waals surface area (Å²) in [5.74, 6) is -0.794. The van der Waals surface area contributed by atoms with Gasteiger partial charge in [0.1, 0.15) is 6.04 Å². The Balaban J connectivity index is 2.66. The highest BCUT2D eigenvalue weighted by Gasteiger charge is 2.19. The molecule has 1 aromatic rings. The van der Waals surface area contributed by atoms with E-state index in [0.717, 1.165) is 12.0 Å². The molecule has 0 heterocycles. The van der Waals surface area contributed by atoms with Gasteiger partial charge in [-0.2, -0.15) is 0 Å². The summed E-state index contributed by atoms with van der Waals surface area (Å²) in [6.45, 7) is 3.65. The molecule has 94 valence electrons. The van der Waals surface area contributed by atoms with Crippen LogP contribution in [0.4, 0.5) is 0 Å². The molecule has 0 saturated heterocycles. The van der Waals surface area contributed by atoms with Gasteiger partial charge in [-0.05, 0) is 25.5 Å². The Kier molecular flexibility index (Phi) is 5.66. The van der Waals surface area contributed by atoms with Gasteiger partial charge in [0.05, 0.1) is 0 Å². The largest absolute Gasteiger partial charge is 0.480 e. The van der Waals surface area contributed by atoms with Crippen molar-refractivity contribution in [3.63, 3.8) is 0 Å². The number of nitrogens with two attached hydrogens (primary N) is 1. The predicted molar refractivity (Wildman–Crippen MR) is 67.6 cm³/mol. The van der Waals surface area contributed by atoms with Crippen molar-refractivity contribution in [1.29, 1.82) is 0 Å². The van der Waals surface area contributed by atoms with Crippen molar-refractivity contribution in [3.8, 4) is 0 Å². The van der Waals surface area contributed by atoms with Crippen LogP contribution in [0.15, 0.2) is 30.3 Å². The fraction of sp³-hybridized carbons (Fsp3) is 0.462. The molecule has 1 atom stereocenters. The third-order valence-corrected chi connectivity index (χ3v) is 2.78. The maximum Gasteiger partial charge on any atom is 0.320 e. The lowest BCUT2D eigenvalue weighted by Crippen LogP contribution is -2.39. The molecule has 0 aliphatic carbocycles. The zero-order valence-corrected chi connectivity index (χ0v) is 10.2. The average molecular weight is 236 g/mol. The quantitative estimate of drug-likeness (QED) is 0.749. The van der Waals surface area contributed by atoms with E-state index < -0.39 is 12.0 Å². The van der Waals surface area contributed by atoms with Crippen molar-refractivity contribution in [3.05, 3.63) is 35.9 Å². The average Bonchev–Trinajstić information content (AvgIpc) is 2.34. The molecule has 1 rings (SSSR count). The first-order valence-corrected chi connectivity index (χ1v) is 5.86. The number of hydrogen-bond acceptors (Lipinski definition) is 3. The summed E-state index contributed by atoms with van der Waals surface area (Å²) in [7, 11) is 0. The number of benzene rings is 1. The molecular weight excluding hydrogens is 216 g/mol. The lowest BCUT2D eigenvalue weighted by Gasteiger charge is -2.26. The molecule has 0 amide bonds. The molecule has 0 fully saturated rings. The van der Waals surface area contributed by atoms with Gasteiger partial charge in [0.25, 0.3) is 0 Å². The van der Waals surface area contributed by atoms with Crippen LogP contribution in [0.25, 0.3) is 0 Å². The Morgan fingerprint density at radius 2 is 2.06 bits per heavy atom. The van der Waals surface area contributed by atoms with E-state index in [1.807, 2.05) is 35.2 Å².